The molecule has 3 amide bonds. The van der Waals surface area contributed by atoms with Gasteiger partial charge in [0.15, 0.2) is 0 Å². The van der Waals surface area contributed by atoms with Crippen molar-refractivity contribution in [2.24, 2.45) is 17.8 Å². The van der Waals surface area contributed by atoms with Crippen LogP contribution in [0.2, 0.25) is 0 Å². The first kappa shape index (κ1) is 21.0. The number of nitrogens with one attached hydrogen (secondary N) is 3. The van der Waals surface area contributed by atoms with Gasteiger partial charge >= 0.3 is 6.03 Å². The van der Waals surface area contributed by atoms with E-state index in [0.29, 0.717) is 6.54 Å². The van der Waals surface area contributed by atoms with Gasteiger partial charge in [-0.25, -0.2) is 4.79 Å². The fourth-order valence-electron chi connectivity index (χ4n) is 6.36. The molecule has 4 aliphatic carbocycles. The zero-order valence-corrected chi connectivity index (χ0v) is 18.2. The molecule has 0 heterocycles. The van der Waals surface area contributed by atoms with Crippen LogP contribution in [0.15, 0.2) is 24.3 Å². The maximum Gasteiger partial charge on any atom is 0.315 e. The quantitative estimate of drug-likeness (QED) is 0.604. The van der Waals surface area contributed by atoms with Crippen LogP contribution in [0.25, 0.3) is 0 Å². The number of urea groups is 1. The SMILES string of the molecule is CCC(NC(=O)CCNC(=O)NC12CC3CC(CC(C3)C1)C2)c1ccc(OC)cc1. The van der Waals surface area contributed by atoms with Crippen molar-refractivity contribution in [1.29, 1.82) is 0 Å². The van der Waals surface area contributed by atoms with E-state index in [4.69, 9.17) is 4.74 Å². The van der Waals surface area contributed by atoms with Crippen LogP contribution in [0.1, 0.15) is 69.9 Å². The van der Waals surface area contributed by atoms with Gasteiger partial charge in [-0.1, -0.05) is 19.1 Å². The minimum atomic E-state index is -0.119. The summed E-state index contributed by atoms with van der Waals surface area (Å²) < 4.78 is 5.19. The third kappa shape index (κ3) is 4.73. The smallest absolute Gasteiger partial charge is 0.315 e. The predicted octanol–water partition coefficient (Wildman–Crippen LogP) is 3.92. The zero-order valence-electron chi connectivity index (χ0n) is 18.2. The first-order valence-electron chi connectivity index (χ1n) is 11.5. The molecule has 6 nitrogen and oxygen atoms in total. The summed E-state index contributed by atoms with van der Waals surface area (Å²) in [6.45, 7) is 2.40. The van der Waals surface area contributed by atoms with Crippen molar-refractivity contribution in [2.75, 3.05) is 13.7 Å². The van der Waals surface area contributed by atoms with Crippen LogP contribution in [0.4, 0.5) is 4.79 Å². The van der Waals surface area contributed by atoms with E-state index in [0.717, 1.165) is 54.7 Å². The summed E-state index contributed by atoms with van der Waals surface area (Å²) in [6, 6.07) is 7.60. The summed E-state index contributed by atoms with van der Waals surface area (Å²) >= 11 is 0. The van der Waals surface area contributed by atoms with Gasteiger partial charge in [-0.2, -0.15) is 0 Å². The lowest BCUT2D eigenvalue weighted by Gasteiger charge is -2.56. The van der Waals surface area contributed by atoms with Gasteiger partial charge in [0.25, 0.3) is 0 Å². The number of hydrogen-bond donors (Lipinski definition) is 3. The van der Waals surface area contributed by atoms with Gasteiger partial charge in [0.05, 0.1) is 13.2 Å². The van der Waals surface area contributed by atoms with Gasteiger partial charge in [0.1, 0.15) is 5.75 Å². The normalized spacial score (nSPS) is 29.9. The zero-order chi connectivity index (χ0) is 21.1. The number of amides is 3. The highest BCUT2D eigenvalue weighted by atomic mass is 16.5. The third-order valence-electron chi connectivity index (χ3n) is 7.32. The molecular formula is C24H35N3O3. The Morgan fingerprint density at radius 2 is 1.67 bits per heavy atom. The van der Waals surface area contributed by atoms with Crippen LogP contribution in [0.3, 0.4) is 0 Å². The number of ether oxygens (including phenoxy) is 1. The van der Waals surface area contributed by atoms with Crippen molar-refractivity contribution >= 4 is 11.9 Å². The Labute approximate surface area is 179 Å². The molecule has 1 unspecified atom stereocenters. The molecule has 1 aromatic carbocycles. The number of methoxy groups -OCH3 is 1. The molecule has 1 atom stereocenters. The standard InChI is InChI=1S/C24H35N3O3/c1-3-21(19-4-6-20(30-2)7-5-19)26-22(28)8-9-25-23(29)27-24-13-16-10-17(14-24)12-18(11-16)15-24/h4-7,16-18,21H,3,8-15H2,1-2H3,(H,26,28)(H2,25,27,29). The van der Waals surface area contributed by atoms with Crippen LogP contribution >= 0.6 is 0 Å². The fraction of sp³-hybridized carbons (Fsp3) is 0.667. The third-order valence-corrected chi connectivity index (χ3v) is 7.32. The molecule has 4 saturated carbocycles. The minimum Gasteiger partial charge on any atom is -0.497 e. The van der Waals surface area contributed by atoms with Gasteiger partial charge < -0.3 is 20.7 Å². The van der Waals surface area contributed by atoms with Crippen LogP contribution in [0.5, 0.6) is 5.75 Å². The Morgan fingerprint density at radius 1 is 1.07 bits per heavy atom. The molecule has 5 rings (SSSR count). The van der Waals surface area contributed by atoms with Crippen LogP contribution in [-0.4, -0.2) is 31.1 Å². The largest absolute Gasteiger partial charge is 0.497 e. The lowest BCUT2D eigenvalue weighted by atomic mass is 9.53. The lowest BCUT2D eigenvalue weighted by Crippen LogP contribution is -2.61. The topological polar surface area (TPSA) is 79.5 Å². The summed E-state index contributed by atoms with van der Waals surface area (Å²) in [5, 5.41) is 9.27. The molecule has 3 N–H and O–H groups in total. The van der Waals surface area contributed by atoms with Gasteiger partial charge in [0.2, 0.25) is 5.91 Å². The van der Waals surface area contributed by atoms with Gasteiger partial charge in [-0.3, -0.25) is 4.79 Å². The van der Waals surface area contributed by atoms with Crippen molar-refractivity contribution in [3.63, 3.8) is 0 Å². The first-order valence-corrected chi connectivity index (χ1v) is 11.5. The summed E-state index contributed by atoms with van der Waals surface area (Å²) in [5.41, 5.74) is 1.06. The maximum absolute atomic E-state index is 12.5. The first-order chi connectivity index (χ1) is 14.5. The highest BCUT2D eigenvalue weighted by Gasteiger charge is 2.51. The molecule has 0 radical (unpaired) electrons. The molecular weight excluding hydrogens is 378 g/mol. The van der Waals surface area contributed by atoms with E-state index in [-0.39, 0.29) is 29.9 Å². The molecule has 4 bridgehead atoms. The predicted molar refractivity (Wildman–Crippen MR) is 116 cm³/mol. The monoisotopic (exact) mass is 413 g/mol. The van der Waals surface area contributed by atoms with E-state index < -0.39 is 0 Å². The Morgan fingerprint density at radius 3 is 2.20 bits per heavy atom. The van der Waals surface area contributed by atoms with Crippen LogP contribution < -0.4 is 20.7 Å². The number of rotatable bonds is 8. The Kier molecular flexibility index (Phi) is 6.21. The van der Waals surface area contributed by atoms with E-state index in [1.165, 1.54) is 19.3 Å². The lowest BCUT2D eigenvalue weighted by molar-refractivity contribution is -0.121. The molecule has 0 aromatic heterocycles. The van der Waals surface area contributed by atoms with E-state index in [1.807, 2.05) is 31.2 Å². The number of carbonyl (C=O) groups excluding carboxylic acids is 2. The fourth-order valence-corrected chi connectivity index (χ4v) is 6.36. The van der Waals surface area contributed by atoms with E-state index in [9.17, 15) is 9.59 Å². The van der Waals surface area contributed by atoms with E-state index in [1.54, 1.807) is 7.11 Å². The second-order valence-corrected chi connectivity index (χ2v) is 9.63. The van der Waals surface area contributed by atoms with Crippen molar-refractivity contribution in [2.45, 2.75) is 69.9 Å². The summed E-state index contributed by atoms with van der Waals surface area (Å²) in [4.78, 5) is 24.9. The van der Waals surface area contributed by atoms with Crippen molar-refractivity contribution in [3.8, 4) is 5.75 Å². The Hall–Kier alpha value is -2.24. The molecule has 0 saturated heterocycles. The van der Waals surface area contributed by atoms with Crippen molar-refractivity contribution < 1.29 is 14.3 Å². The summed E-state index contributed by atoms with van der Waals surface area (Å²) in [6.07, 6.45) is 8.55. The second kappa shape index (κ2) is 8.86. The summed E-state index contributed by atoms with van der Waals surface area (Å²) in [7, 11) is 1.64. The molecule has 6 heteroatoms. The number of carbonyl (C=O) groups is 2. The molecule has 4 fully saturated rings. The average Bonchev–Trinajstić information content (AvgIpc) is 2.70. The van der Waals surface area contributed by atoms with Crippen molar-refractivity contribution in [3.05, 3.63) is 29.8 Å². The van der Waals surface area contributed by atoms with Gasteiger partial charge in [-0.15, -0.1) is 0 Å². The Bertz CT molecular complexity index is 726. The maximum atomic E-state index is 12.5. The van der Waals surface area contributed by atoms with E-state index in [2.05, 4.69) is 16.0 Å². The molecule has 4 aliphatic rings. The van der Waals surface area contributed by atoms with Crippen molar-refractivity contribution in [1.82, 2.24) is 16.0 Å². The summed E-state index contributed by atoms with van der Waals surface area (Å²) in [5.74, 6) is 3.14. The van der Waals surface area contributed by atoms with Gasteiger partial charge in [0, 0.05) is 18.5 Å². The number of hydrogen-bond acceptors (Lipinski definition) is 3. The molecule has 0 spiro atoms. The van der Waals surface area contributed by atoms with E-state index >= 15 is 0 Å². The van der Waals surface area contributed by atoms with Crippen LogP contribution in [0, 0.1) is 17.8 Å². The number of benzene rings is 1. The van der Waals surface area contributed by atoms with Crippen LogP contribution in [-0.2, 0) is 4.79 Å². The highest BCUT2D eigenvalue weighted by molar-refractivity contribution is 5.78. The highest BCUT2D eigenvalue weighted by Crippen LogP contribution is 2.55. The Balaban J connectivity index is 1.21. The average molecular weight is 414 g/mol. The second-order valence-electron chi connectivity index (χ2n) is 9.63. The molecule has 1 aromatic rings. The molecule has 30 heavy (non-hydrogen) atoms. The minimum absolute atomic E-state index is 0.00274. The molecule has 0 aliphatic heterocycles. The molecule has 164 valence electrons. The van der Waals surface area contributed by atoms with Gasteiger partial charge in [-0.05, 0) is 80.4 Å².